The van der Waals surface area contributed by atoms with Gasteiger partial charge in [0.05, 0.1) is 11.8 Å². The molecule has 0 aliphatic rings. The summed E-state index contributed by atoms with van der Waals surface area (Å²) in [5, 5.41) is 11.6. The number of carbonyl (C=O) groups excluding carboxylic acids is 1. The molecule has 0 fully saturated rings. The minimum atomic E-state index is -0.156. The fraction of sp³-hybridized carbons (Fsp3) is 0.545. The van der Waals surface area contributed by atoms with E-state index in [1.54, 1.807) is 6.07 Å². The first-order valence-corrected chi connectivity index (χ1v) is 6.10. The second-order valence-corrected chi connectivity index (χ2v) is 4.32. The zero-order valence-corrected chi connectivity index (χ0v) is 10.8. The predicted molar refractivity (Wildman–Crippen MR) is 64.2 cm³/mol. The van der Waals surface area contributed by atoms with E-state index in [2.05, 4.69) is 21.2 Å². The number of halogens is 1. The van der Waals surface area contributed by atoms with Gasteiger partial charge in [0.15, 0.2) is 4.67 Å². The number of hydrogen-bond donors (Lipinski definition) is 2. The molecular weight excluding hydrogens is 274 g/mol. The van der Waals surface area contributed by atoms with Crippen LogP contribution in [0.3, 0.4) is 0 Å². The van der Waals surface area contributed by atoms with Crippen LogP contribution in [0.1, 0.15) is 30.1 Å². The van der Waals surface area contributed by atoms with Gasteiger partial charge in [-0.2, -0.15) is 0 Å². The summed E-state index contributed by atoms with van der Waals surface area (Å²) in [6.07, 6.45) is 3.11. The number of hydrogen-bond acceptors (Lipinski definition) is 3. The van der Waals surface area contributed by atoms with E-state index in [0.29, 0.717) is 29.1 Å². The van der Waals surface area contributed by atoms with Gasteiger partial charge < -0.3 is 14.8 Å². The lowest BCUT2D eigenvalue weighted by atomic mass is 10.0. The van der Waals surface area contributed by atoms with Gasteiger partial charge in [0.2, 0.25) is 0 Å². The molecule has 1 aromatic heterocycles. The van der Waals surface area contributed by atoms with Crippen molar-refractivity contribution < 1.29 is 14.3 Å². The number of aliphatic hydroxyl groups excluding tert-OH is 1. The molecule has 1 unspecified atom stereocenters. The molecule has 0 aliphatic carbocycles. The summed E-state index contributed by atoms with van der Waals surface area (Å²) in [4.78, 5) is 11.7. The number of carbonyl (C=O) groups is 1. The predicted octanol–water partition coefficient (Wildman–Crippen LogP) is 2.18. The van der Waals surface area contributed by atoms with Crippen LogP contribution in [0.15, 0.2) is 21.4 Å². The first-order chi connectivity index (χ1) is 7.69. The maximum atomic E-state index is 11.7. The van der Waals surface area contributed by atoms with Gasteiger partial charge in [-0.25, -0.2) is 0 Å². The SMILES string of the molecule is CCC(CCO)CNC(=O)c1ccoc1Br. The zero-order chi connectivity index (χ0) is 12.0. The molecule has 1 heterocycles. The Morgan fingerprint density at radius 1 is 1.69 bits per heavy atom. The van der Waals surface area contributed by atoms with Crippen molar-refractivity contribution >= 4 is 21.8 Å². The first-order valence-electron chi connectivity index (χ1n) is 5.31. The molecule has 1 amide bonds. The topological polar surface area (TPSA) is 62.5 Å². The molecule has 1 atom stereocenters. The Hall–Kier alpha value is -0.810. The second-order valence-electron chi connectivity index (χ2n) is 3.60. The number of nitrogens with one attached hydrogen (secondary N) is 1. The highest BCUT2D eigenvalue weighted by Crippen LogP contribution is 2.17. The molecule has 16 heavy (non-hydrogen) atoms. The van der Waals surface area contributed by atoms with E-state index in [1.165, 1.54) is 6.26 Å². The molecule has 0 spiro atoms. The molecule has 1 aromatic rings. The van der Waals surface area contributed by atoms with Gasteiger partial charge in [-0.1, -0.05) is 13.3 Å². The second kappa shape index (κ2) is 6.70. The van der Waals surface area contributed by atoms with Crippen LogP contribution in [0.2, 0.25) is 0 Å². The molecule has 0 saturated heterocycles. The van der Waals surface area contributed by atoms with E-state index in [4.69, 9.17) is 9.52 Å². The lowest BCUT2D eigenvalue weighted by Gasteiger charge is -2.13. The molecule has 0 bridgehead atoms. The van der Waals surface area contributed by atoms with E-state index in [-0.39, 0.29) is 12.5 Å². The van der Waals surface area contributed by atoms with E-state index in [0.717, 1.165) is 6.42 Å². The molecular formula is C11H16BrNO3. The van der Waals surface area contributed by atoms with Crippen LogP contribution in [0.25, 0.3) is 0 Å². The van der Waals surface area contributed by atoms with Crippen LogP contribution in [-0.4, -0.2) is 24.2 Å². The highest BCUT2D eigenvalue weighted by Gasteiger charge is 2.13. The van der Waals surface area contributed by atoms with E-state index >= 15 is 0 Å². The Balaban J connectivity index is 2.43. The van der Waals surface area contributed by atoms with Gasteiger partial charge in [-0.05, 0) is 34.3 Å². The molecule has 90 valence electrons. The molecule has 1 rings (SSSR count). The monoisotopic (exact) mass is 289 g/mol. The first kappa shape index (κ1) is 13.3. The Morgan fingerprint density at radius 2 is 2.44 bits per heavy atom. The van der Waals surface area contributed by atoms with Gasteiger partial charge in [-0.15, -0.1) is 0 Å². The van der Waals surface area contributed by atoms with Crippen molar-refractivity contribution in [2.24, 2.45) is 5.92 Å². The Kier molecular flexibility index (Phi) is 5.55. The zero-order valence-electron chi connectivity index (χ0n) is 9.20. The molecule has 2 N–H and O–H groups in total. The Labute approximate surface area is 103 Å². The minimum absolute atomic E-state index is 0.156. The van der Waals surface area contributed by atoms with Gasteiger partial charge in [0, 0.05) is 13.2 Å². The summed E-state index contributed by atoms with van der Waals surface area (Å²) < 4.78 is 5.43. The van der Waals surface area contributed by atoms with Crippen molar-refractivity contribution in [3.63, 3.8) is 0 Å². The quantitative estimate of drug-likeness (QED) is 0.844. The van der Waals surface area contributed by atoms with E-state index < -0.39 is 0 Å². The molecule has 0 aromatic carbocycles. The highest BCUT2D eigenvalue weighted by atomic mass is 79.9. The summed E-state index contributed by atoms with van der Waals surface area (Å²) in [5.74, 6) is 0.164. The van der Waals surface area contributed by atoms with Crippen molar-refractivity contribution in [3.05, 3.63) is 22.6 Å². The van der Waals surface area contributed by atoms with Crippen molar-refractivity contribution in [1.82, 2.24) is 5.32 Å². The maximum Gasteiger partial charge on any atom is 0.255 e. The van der Waals surface area contributed by atoms with Crippen molar-refractivity contribution in [3.8, 4) is 0 Å². The number of furan rings is 1. The third-order valence-corrected chi connectivity index (χ3v) is 3.14. The molecule has 4 nitrogen and oxygen atoms in total. The van der Waals surface area contributed by atoms with Crippen LogP contribution in [0.5, 0.6) is 0 Å². The van der Waals surface area contributed by atoms with Gasteiger partial charge in [-0.3, -0.25) is 4.79 Å². The molecule has 0 radical (unpaired) electrons. The fourth-order valence-corrected chi connectivity index (χ4v) is 1.84. The van der Waals surface area contributed by atoms with Gasteiger partial charge in [0.25, 0.3) is 5.91 Å². The Morgan fingerprint density at radius 3 is 2.94 bits per heavy atom. The number of amides is 1. The largest absolute Gasteiger partial charge is 0.457 e. The van der Waals surface area contributed by atoms with E-state index in [9.17, 15) is 4.79 Å². The molecule has 5 heteroatoms. The summed E-state index contributed by atoms with van der Waals surface area (Å²) in [7, 11) is 0. The number of aliphatic hydroxyl groups is 1. The minimum Gasteiger partial charge on any atom is -0.457 e. The van der Waals surface area contributed by atoms with Crippen molar-refractivity contribution in [2.75, 3.05) is 13.2 Å². The van der Waals surface area contributed by atoms with Crippen LogP contribution in [0, 0.1) is 5.92 Å². The number of rotatable bonds is 6. The van der Waals surface area contributed by atoms with Crippen LogP contribution in [0.4, 0.5) is 0 Å². The summed E-state index contributed by atoms with van der Waals surface area (Å²) >= 11 is 3.15. The highest BCUT2D eigenvalue weighted by molar-refractivity contribution is 9.10. The van der Waals surface area contributed by atoms with Crippen molar-refractivity contribution in [2.45, 2.75) is 19.8 Å². The van der Waals surface area contributed by atoms with Gasteiger partial charge in [0.1, 0.15) is 0 Å². The van der Waals surface area contributed by atoms with E-state index in [1.807, 2.05) is 6.92 Å². The maximum absolute atomic E-state index is 11.7. The van der Waals surface area contributed by atoms with Crippen LogP contribution in [-0.2, 0) is 0 Å². The van der Waals surface area contributed by atoms with Crippen molar-refractivity contribution in [1.29, 1.82) is 0 Å². The fourth-order valence-electron chi connectivity index (χ4n) is 1.42. The lowest BCUT2D eigenvalue weighted by Crippen LogP contribution is -2.29. The summed E-state index contributed by atoms with van der Waals surface area (Å²) in [6.45, 7) is 2.78. The standard InChI is InChI=1S/C11H16BrNO3/c1-2-8(3-5-14)7-13-11(15)9-4-6-16-10(9)12/h4,6,8,14H,2-3,5,7H2,1H3,(H,13,15). The third-order valence-electron chi connectivity index (χ3n) is 2.53. The van der Waals surface area contributed by atoms with Gasteiger partial charge >= 0.3 is 0 Å². The normalized spacial score (nSPS) is 12.4. The summed E-state index contributed by atoms with van der Waals surface area (Å²) in [5.41, 5.74) is 0.499. The van der Waals surface area contributed by atoms with Crippen LogP contribution >= 0.6 is 15.9 Å². The lowest BCUT2D eigenvalue weighted by molar-refractivity contribution is 0.0942. The summed E-state index contributed by atoms with van der Waals surface area (Å²) in [6, 6.07) is 1.62. The average Bonchev–Trinajstić information content (AvgIpc) is 2.70. The molecule has 0 saturated carbocycles. The average molecular weight is 290 g/mol. The molecule has 0 aliphatic heterocycles. The third kappa shape index (κ3) is 3.64. The Bertz CT molecular complexity index is 338. The van der Waals surface area contributed by atoms with Crippen LogP contribution < -0.4 is 5.32 Å². The smallest absolute Gasteiger partial charge is 0.255 e.